The highest BCUT2D eigenvalue weighted by molar-refractivity contribution is 5.72. The Bertz CT molecular complexity index is 1020. The maximum atomic E-state index is 13.9. The van der Waals surface area contributed by atoms with Crippen molar-refractivity contribution in [3.05, 3.63) is 53.1 Å². The molecule has 0 bridgehead atoms. The molecule has 2 saturated carbocycles. The highest BCUT2D eigenvalue weighted by atomic mass is 19.4. The summed E-state index contributed by atoms with van der Waals surface area (Å²) in [5.74, 6) is 1.97. The smallest absolute Gasteiger partial charge is 0.420 e. The number of benzene rings is 2. The third-order valence-corrected chi connectivity index (χ3v) is 8.67. The van der Waals surface area contributed by atoms with Crippen molar-refractivity contribution in [3.63, 3.8) is 0 Å². The quantitative estimate of drug-likeness (QED) is 0.340. The van der Waals surface area contributed by atoms with Crippen LogP contribution in [0.15, 0.2) is 36.4 Å². The van der Waals surface area contributed by atoms with Crippen molar-refractivity contribution in [3.8, 4) is 16.9 Å². The summed E-state index contributed by atoms with van der Waals surface area (Å²) in [6, 6.07) is 8.63. The van der Waals surface area contributed by atoms with Crippen molar-refractivity contribution < 1.29 is 31.1 Å². The number of rotatable bonds is 6. The van der Waals surface area contributed by atoms with Crippen LogP contribution in [0, 0.1) is 17.8 Å². The molecule has 0 aliphatic heterocycles. The van der Waals surface area contributed by atoms with Crippen LogP contribution in [0.2, 0.25) is 0 Å². The highest BCUT2D eigenvalue weighted by Gasteiger charge is 2.47. The summed E-state index contributed by atoms with van der Waals surface area (Å²) in [6.45, 7) is 2.26. The molecule has 0 heterocycles. The van der Waals surface area contributed by atoms with Gasteiger partial charge < -0.3 is 4.74 Å². The summed E-state index contributed by atoms with van der Waals surface area (Å²) in [7, 11) is 0.936. The highest BCUT2D eigenvalue weighted by Crippen LogP contribution is 2.49. The van der Waals surface area contributed by atoms with E-state index >= 15 is 0 Å². The van der Waals surface area contributed by atoms with Gasteiger partial charge in [-0.1, -0.05) is 62.9 Å². The van der Waals surface area contributed by atoms with Crippen LogP contribution in [0.5, 0.6) is 5.75 Å². The molecule has 7 heteroatoms. The molecule has 2 aliphatic carbocycles. The number of methoxy groups -OCH3 is 1. The maximum Gasteiger partial charge on any atom is 0.420 e. The minimum Gasteiger partial charge on any atom is -0.496 e. The summed E-state index contributed by atoms with van der Waals surface area (Å²) in [5, 5.41) is 0. The molecule has 4 rings (SSSR count). The van der Waals surface area contributed by atoms with E-state index in [0.29, 0.717) is 5.92 Å². The first-order valence-electron chi connectivity index (χ1n) is 13.5. The molecule has 2 aromatic rings. The van der Waals surface area contributed by atoms with Gasteiger partial charge in [0.1, 0.15) is 11.3 Å². The fourth-order valence-electron chi connectivity index (χ4n) is 6.79. The van der Waals surface area contributed by atoms with Gasteiger partial charge in [-0.3, -0.25) is 0 Å². The van der Waals surface area contributed by atoms with Gasteiger partial charge in [0.2, 0.25) is 0 Å². The van der Waals surface area contributed by atoms with Gasteiger partial charge in [0.05, 0.1) is 12.7 Å². The molecule has 0 N–H and O–H groups in total. The van der Waals surface area contributed by atoms with E-state index in [1.807, 2.05) is 0 Å². The van der Waals surface area contributed by atoms with Crippen molar-refractivity contribution >= 4 is 0 Å². The summed E-state index contributed by atoms with van der Waals surface area (Å²) in [6.07, 6.45) is 2.00. The van der Waals surface area contributed by atoms with Crippen LogP contribution in [0.4, 0.5) is 26.3 Å². The van der Waals surface area contributed by atoms with Gasteiger partial charge in [0.25, 0.3) is 0 Å². The molecule has 0 atom stereocenters. The molecule has 0 unspecified atom stereocenters. The summed E-state index contributed by atoms with van der Waals surface area (Å²) < 4.78 is 87.4. The van der Waals surface area contributed by atoms with E-state index in [0.717, 1.165) is 55.4 Å². The second-order valence-corrected chi connectivity index (χ2v) is 10.9. The molecule has 0 spiro atoms. The van der Waals surface area contributed by atoms with Gasteiger partial charge in [-0.15, -0.1) is 0 Å². The monoisotopic (exact) mass is 526 g/mol. The zero-order chi connectivity index (χ0) is 26.8. The van der Waals surface area contributed by atoms with Crippen molar-refractivity contribution in [2.45, 2.75) is 89.4 Å². The minimum absolute atomic E-state index is 0.113. The molecule has 0 saturated heterocycles. The number of halogens is 6. The second-order valence-electron chi connectivity index (χ2n) is 10.9. The Labute approximate surface area is 215 Å². The van der Waals surface area contributed by atoms with Crippen LogP contribution >= 0.6 is 0 Å². The van der Waals surface area contributed by atoms with Gasteiger partial charge in [-0.2, -0.15) is 26.3 Å². The molecule has 2 aromatic carbocycles. The third-order valence-electron chi connectivity index (χ3n) is 8.67. The Kier molecular flexibility index (Phi) is 8.49. The minimum atomic E-state index is -5.21. The first-order chi connectivity index (χ1) is 17.5. The van der Waals surface area contributed by atoms with Gasteiger partial charge in [0.15, 0.2) is 0 Å². The standard InChI is InChI=1S/C30H36F6O/c1-3-4-19-5-7-20(8-6-19)21-9-11-22(12-10-21)23-13-15-24(16-14-23)25-17-18-26(37-2)28(30(34,35)36)27(25)29(31,32)33/h13-22H,3-12H2,1-2H3. The molecular weight excluding hydrogens is 490 g/mol. The SMILES string of the molecule is CCCC1CCC(C2CCC(c3ccc(-c4ccc(OC)c(C(F)(F)F)c4C(F)(F)F)cc3)CC2)CC1. The van der Waals surface area contributed by atoms with Crippen molar-refractivity contribution in [2.24, 2.45) is 17.8 Å². The average Bonchev–Trinajstić information content (AvgIpc) is 2.88. The van der Waals surface area contributed by atoms with E-state index in [1.165, 1.54) is 63.5 Å². The van der Waals surface area contributed by atoms with Crippen LogP contribution in [0.1, 0.15) is 93.7 Å². The van der Waals surface area contributed by atoms with E-state index in [-0.39, 0.29) is 5.56 Å². The molecule has 2 aliphatic rings. The zero-order valence-corrected chi connectivity index (χ0v) is 21.5. The van der Waals surface area contributed by atoms with Crippen molar-refractivity contribution in [1.29, 1.82) is 0 Å². The number of hydrogen-bond acceptors (Lipinski definition) is 1. The van der Waals surface area contributed by atoms with Gasteiger partial charge in [-0.25, -0.2) is 0 Å². The van der Waals surface area contributed by atoms with E-state index < -0.39 is 34.8 Å². The molecule has 0 radical (unpaired) electrons. The van der Waals surface area contributed by atoms with E-state index in [4.69, 9.17) is 0 Å². The topological polar surface area (TPSA) is 9.23 Å². The first kappa shape index (κ1) is 27.8. The lowest BCUT2D eigenvalue weighted by Crippen LogP contribution is -2.25. The van der Waals surface area contributed by atoms with Crippen molar-refractivity contribution in [2.75, 3.05) is 7.11 Å². The normalized spacial score (nSPS) is 25.2. The predicted molar refractivity (Wildman–Crippen MR) is 133 cm³/mol. The Balaban J connectivity index is 1.48. The molecule has 204 valence electrons. The Morgan fingerprint density at radius 1 is 0.703 bits per heavy atom. The molecule has 0 amide bonds. The van der Waals surface area contributed by atoms with E-state index in [2.05, 4.69) is 11.7 Å². The van der Waals surface area contributed by atoms with Gasteiger partial charge in [0, 0.05) is 0 Å². The zero-order valence-electron chi connectivity index (χ0n) is 21.5. The van der Waals surface area contributed by atoms with Crippen LogP contribution in [-0.4, -0.2) is 7.11 Å². The lowest BCUT2D eigenvalue weighted by molar-refractivity contribution is -0.162. The molecule has 37 heavy (non-hydrogen) atoms. The lowest BCUT2D eigenvalue weighted by atomic mass is 9.68. The van der Waals surface area contributed by atoms with E-state index in [1.54, 1.807) is 12.1 Å². The lowest BCUT2D eigenvalue weighted by Gasteiger charge is -2.38. The van der Waals surface area contributed by atoms with Crippen molar-refractivity contribution in [1.82, 2.24) is 0 Å². The second kappa shape index (κ2) is 11.3. The van der Waals surface area contributed by atoms with Crippen LogP contribution in [-0.2, 0) is 12.4 Å². The first-order valence-corrected chi connectivity index (χ1v) is 13.5. The summed E-state index contributed by atoms with van der Waals surface area (Å²) in [4.78, 5) is 0. The molecule has 1 nitrogen and oxygen atoms in total. The Morgan fingerprint density at radius 3 is 1.73 bits per heavy atom. The molecule has 0 aromatic heterocycles. The van der Waals surface area contributed by atoms with Gasteiger partial charge in [-0.05, 0) is 85.0 Å². The number of hydrogen-bond donors (Lipinski definition) is 0. The number of alkyl halides is 6. The average molecular weight is 527 g/mol. The number of ether oxygens (including phenoxy) is 1. The predicted octanol–water partition coefficient (Wildman–Crippen LogP) is 10.3. The summed E-state index contributed by atoms with van der Waals surface area (Å²) >= 11 is 0. The fraction of sp³-hybridized carbons (Fsp3) is 0.600. The van der Waals surface area contributed by atoms with E-state index in [9.17, 15) is 26.3 Å². The summed E-state index contributed by atoms with van der Waals surface area (Å²) in [5.41, 5.74) is -2.82. The Morgan fingerprint density at radius 2 is 1.24 bits per heavy atom. The van der Waals surface area contributed by atoms with Crippen LogP contribution in [0.3, 0.4) is 0 Å². The fourth-order valence-corrected chi connectivity index (χ4v) is 6.79. The molecular formula is C30H36F6O. The Hall–Kier alpha value is -2.18. The third kappa shape index (κ3) is 6.28. The largest absolute Gasteiger partial charge is 0.496 e. The maximum absolute atomic E-state index is 13.9. The van der Waals surface area contributed by atoms with Gasteiger partial charge >= 0.3 is 12.4 Å². The molecule has 2 fully saturated rings. The van der Waals surface area contributed by atoms with Crippen LogP contribution in [0.25, 0.3) is 11.1 Å². The van der Waals surface area contributed by atoms with Crippen LogP contribution < -0.4 is 4.74 Å².